The van der Waals surface area contributed by atoms with Crippen LogP contribution in [0.3, 0.4) is 0 Å². The van der Waals surface area contributed by atoms with Gasteiger partial charge >= 0.3 is 0 Å². The van der Waals surface area contributed by atoms with Crippen LogP contribution < -0.4 is 9.64 Å². The van der Waals surface area contributed by atoms with Crippen LogP contribution in [0.5, 0.6) is 5.75 Å². The summed E-state index contributed by atoms with van der Waals surface area (Å²) in [6.07, 6.45) is 0. The van der Waals surface area contributed by atoms with Crippen LogP contribution in [-0.4, -0.2) is 62.7 Å². The Balaban J connectivity index is 2.19. The minimum atomic E-state index is -0.717. The molecular weight excluding hydrogens is 444 g/mol. The monoisotopic (exact) mass is 480 g/mol. The number of ketones is 1. The first-order valence-electron chi connectivity index (χ1n) is 11.8. The number of methoxy groups -OCH3 is 1. The lowest BCUT2D eigenvalue weighted by Crippen LogP contribution is -2.32. The van der Waals surface area contributed by atoms with Crippen LogP contribution in [0.4, 0.5) is 5.69 Å². The van der Waals surface area contributed by atoms with Gasteiger partial charge in [0.2, 0.25) is 0 Å². The molecule has 1 aliphatic heterocycles. The lowest BCUT2D eigenvalue weighted by Gasteiger charge is -2.26. The Morgan fingerprint density at radius 3 is 2.29 bits per heavy atom. The Labute approximate surface area is 207 Å². The maximum atomic E-state index is 13.2. The van der Waals surface area contributed by atoms with Crippen molar-refractivity contribution in [3.05, 3.63) is 64.7 Å². The number of carbonyl (C=O) groups excluding carboxylic acids is 2. The van der Waals surface area contributed by atoms with E-state index in [1.165, 1.54) is 4.90 Å². The first kappa shape index (κ1) is 26.3. The molecule has 1 fully saturated rings. The molecule has 2 aromatic rings. The highest BCUT2D eigenvalue weighted by molar-refractivity contribution is 6.46. The van der Waals surface area contributed by atoms with E-state index in [1.54, 1.807) is 19.2 Å². The molecule has 0 bridgehead atoms. The Kier molecular flexibility index (Phi) is 7.90. The summed E-state index contributed by atoms with van der Waals surface area (Å²) in [4.78, 5) is 29.7. The second-order valence-corrected chi connectivity index (χ2v) is 9.87. The minimum absolute atomic E-state index is 0.0766. The number of Topliss-reactive ketones (excluding diaryl/α,β-unsaturated/α-hetero) is 1. The van der Waals surface area contributed by atoms with Gasteiger partial charge in [-0.2, -0.15) is 0 Å². The van der Waals surface area contributed by atoms with Gasteiger partial charge in [0.25, 0.3) is 11.7 Å². The number of benzene rings is 2. The van der Waals surface area contributed by atoms with Crippen LogP contribution in [-0.2, 0) is 19.7 Å². The van der Waals surface area contributed by atoms with Crippen molar-refractivity contribution in [2.24, 2.45) is 0 Å². The first-order valence-corrected chi connectivity index (χ1v) is 11.8. The van der Waals surface area contributed by atoms with Crippen LogP contribution in [0, 0.1) is 0 Å². The van der Waals surface area contributed by atoms with E-state index in [4.69, 9.17) is 9.47 Å². The van der Waals surface area contributed by atoms with Gasteiger partial charge in [0, 0.05) is 44.6 Å². The number of rotatable bonds is 8. The van der Waals surface area contributed by atoms with Gasteiger partial charge in [0.05, 0.1) is 24.8 Å². The Bertz CT molecular complexity index is 1110. The van der Waals surface area contributed by atoms with Crippen molar-refractivity contribution >= 4 is 23.1 Å². The van der Waals surface area contributed by atoms with Crippen molar-refractivity contribution in [2.75, 3.05) is 45.9 Å². The molecule has 1 unspecified atom stereocenters. The van der Waals surface area contributed by atoms with Crippen molar-refractivity contribution in [1.29, 1.82) is 0 Å². The summed E-state index contributed by atoms with van der Waals surface area (Å²) in [5.41, 5.74) is 2.93. The molecule has 0 spiro atoms. The van der Waals surface area contributed by atoms with Crippen LogP contribution in [0.2, 0.25) is 0 Å². The number of aliphatic hydroxyl groups is 1. The number of hydrogen-bond acceptors (Lipinski definition) is 6. The number of ether oxygens (including phenoxy) is 2. The number of aliphatic hydroxyl groups excluding tert-OH is 1. The highest BCUT2D eigenvalue weighted by Crippen LogP contribution is 2.41. The third-order valence-corrected chi connectivity index (χ3v) is 6.16. The molecule has 0 aromatic heterocycles. The summed E-state index contributed by atoms with van der Waals surface area (Å²) in [7, 11) is 5.43. The number of amides is 1. The zero-order valence-corrected chi connectivity index (χ0v) is 21.7. The summed E-state index contributed by atoms with van der Waals surface area (Å²) in [5, 5.41) is 11.4. The molecule has 2 aromatic carbocycles. The van der Waals surface area contributed by atoms with Gasteiger partial charge in [0.15, 0.2) is 0 Å². The van der Waals surface area contributed by atoms with Gasteiger partial charge in [-0.3, -0.25) is 9.59 Å². The van der Waals surface area contributed by atoms with E-state index in [2.05, 4.69) is 20.8 Å². The molecule has 188 valence electrons. The van der Waals surface area contributed by atoms with Gasteiger partial charge in [0.1, 0.15) is 11.5 Å². The second-order valence-electron chi connectivity index (χ2n) is 9.87. The molecule has 1 N–H and O–H groups in total. The second kappa shape index (κ2) is 10.5. The predicted molar refractivity (Wildman–Crippen MR) is 138 cm³/mol. The number of anilines is 1. The summed E-state index contributed by atoms with van der Waals surface area (Å²) in [5.74, 6) is -0.815. The largest absolute Gasteiger partial charge is 0.507 e. The maximum absolute atomic E-state index is 13.2. The molecule has 1 atom stereocenters. The van der Waals surface area contributed by atoms with E-state index < -0.39 is 17.7 Å². The third kappa shape index (κ3) is 5.35. The zero-order valence-electron chi connectivity index (χ0n) is 21.7. The van der Waals surface area contributed by atoms with Crippen LogP contribution >= 0.6 is 0 Å². The molecule has 3 rings (SSSR count). The number of hydrogen-bond donors (Lipinski definition) is 1. The quantitative estimate of drug-likeness (QED) is 0.340. The van der Waals surface area contributed by atoms with E-state index in [-0.39, 0.29) is 29.9 Å². The SMILES string of the molecule is CCOc1ccc(/C(O)=C2/C(=O)C(=O)N(CCOC)C2c2ccc(N(C)C)cc2)cc1C(C)(C)C. The van der Waals surface area contributed by atoms with E-state index in [9.17, 15) is 14.7 Å². The summed E-state index contributed by atoms with van der Waals surface area (Å²) >= 11 is 0. The van der Waals surface area contributed by atoms with Crippen LogP contribution in [0.15, 0.2) is 48.0 Å². The van der Waals surface area contributed by atoms with Crippen molar-refractivity contribution in [3.63, 3.8) is 0 Å². The zero-order chi connectivity index (χ0) is 25.9. The van der Waals surface area contributed by atoms with Crippen LogP contribution in [0.25, 0.3) is 5.76 Å². The summed E-state index contributed by atoms with van der Waals surface area (Å²) in [6.45, 7) is 9.12. The van der Waals surface area contributed by atoms with Crippen LogP contribution in [0.1, 0.15) is 50.4 Å². The Hall–Kier alpha value is -3.32. The maximum Gasteiger partial charge on any atom is 0.295 e. The minimum Gasteiger partial charge on any atom is -0.507 e. The topological polar surface area (TPSA) is 79.3 Å². The van der Waals surface area contributed by atoms with E-state index in [0.717, 1.165) is 22.6 Å². The Morgan fingerprint density at radius 1 is 1.09 bits per heavy atom. The van der Waals surface area contributed by atoms with Crippen molar-refractivity contribution in [1.82, 2.24) is 4.90 Å². The number of nitrogens with zero attached hydrogens (tertiary/aromatic N) is 2. The normalized spacial score (nSPS) is 17.7. The Morgan fingerprint density at radius 2 is 1.74 bits per heavy atom. The first-order chi connectivity index (χ1) is 16.5. The summed E-state index contributed by atoms with van der Waals surface area (Å²) in [6, 6.07) is 12.3. The predicted octanol–water partition coefficient (Wildman–Crippen LogP) is 4.52. The fraction of sp³-hybridized carbons (Fsp3) is 0.429. The molecule has 35 heavy (non-hydrogen) atoms. The van der Waals surface area contributed by atoms with E-state index in [0.29, 0.717) is 12.2 Å². The molecule has 0 aliphatic carbocycles. The average Bonchev–Trinajstić information content (AvgIpc) is 3.06. The molecule has 1 heterocycles. The fourth-order valence-corrected chi connectivity index (χ4v) is 4.30. The smallest absolute Gasteiger partial charge is 0.295 e. The lowest BCUT2D eigenvalue weighted by atomic mass is 9.84. The molecule has 7 heteroatoms. The van der Waals surface area contributed by atoms with E-state index >= 15 is 0 Å². The van der Waals surface area contributed by atoms with Crippen molar-refractivity contribution < 1.29 is 24.2 Å². The van der Waals surface area contributed by atoms with Crippen molar-refractivity contribution in [3.8, 4) is 5.75 Å². The van der Waals surface area contributed by atoms with Gasteiger partial charge in [-0.15, -0.1) is 0 Å². The molecule has 1 aliphatic rings. The lowest BCUT2D eigenvalue weighted by molar-refractivity contribution is -0.140. The molecule has 7 nitrogen and oxygen atoms in total. The highest BCUT2D eigenvalue weighted by Gasteiger charge is 2.46. The van der Waals surface area contributed by atoms with E-state index in [1.807, 2.05) is 56.3 Å². The summed E-state index contributed by atoms with van der Waals surface area (Å²) < 4.78 is 11.0. The van der Waals surface area contributed by atoms with Gasteiger partial charge in [-0.1, -0.05) is 32.9 Å². The molecule has 1 amide bonds. The average molecular weight is 481 g/mol. The molecule has 0 radical (unpaired) electrons. The molecular formula is C28H36N2O5. The number of carbonyl (C=O) groups is 2. The third-order valence-electron chi connectivity index (χ3n) is 6.16. The fourth-order valence-electron chi connectivity index (χ4n) is 4.30. The molecule has 0 saturated carbocycles. The van der Waals surface area contributed by atoms with Crippen molar-refractivity contribution in [2.45, 2.75) is 39.2 Å². The van der Waals surface area contributed by atoms with Gasteiger partial charge < -0.3 is 24.4 Å². The number of likely N-dealkylation sites (tertiary alicyclic amines) is 1. The van der Waals surface area contributed by atoms with Gasteiger partial charge in [-0.05, 0) is 48.2 Å². The molecule has 1 saturated heterocycles. The highest BCUT2D eigenvalue weighted by atomic mass is 16.5. The standard InChI is InChI=1S/C28H36N2O5/c1-8-35-22-14-11-19(17-21(22)28(2,3)4)25(31)23-24(18-9-12-20(13-10-18)29(5)6)30(15-16-34-7)27(33)26(23)32/h9-14,17,24,31H,8,15-16H2,1-7H3/b25-23-. The van der Waals surface area contributed by atoms with Gasteiger partial charge in [-0.25, -0.2) is 0 Å².